The van der Waals surface area contributed by atoms with E-state index in [4.69, 9.17) is 4.74 Å². The molecule has 21 heavy (non-hydrogen) atoms. The zero-order valence-electron chi connectivity index (χ0n) is 11.2. The predicted octanol–water partition coefficient (Wildman–Crippen LogP) is 2.71. The van der Waals surface area contributed by atoms with Crippen molar-refractivity contribution < 1.29 is 9.13 Å². The Morgan fingerprint density at radius 2 is 1.76 bits per heavy atom. The van der Waals surface area contributed by atoms with Crippen LogP contribution in [0.1, 0.15) is 11.4 Å². The Balaban J connectivity index is 1.70. The molecule has 3 aromatic rings. The largest absolute Gasteiger partial charge is 0.489 e. The fraction of sp³-hybridized carbons (Fsp3) is 0.133. The van der Waals surface area contributed by atoms with Gasteiger partial charge in [0.05, 0.1) is 5.69 Å². The van der Waals surface area contributed by atoms with Crippen LogP contribution in [0.15, 0.2) is 54.6 Å². The fourth-order valence-electron chi connectivity index (χ4n) is 1.91. The van der Waals surface area contributed by atoms with Gasteiger partial charge in [-0.25, -0.2) is 4.39 Å². The summed E-state index contributed by atoms with van der Waals surface area (Å²) in [6.07, 6.45) is 0. The Hall–Kier alpha value is -2.76. The number of tetrazole rings is 1. The molecule has 0 aliphatic carbocycles. The zero-order valence-corrected chi connectivity index (χ0v) is 11.2. The quantitative estimate of drug-likeness (QED) is 0.723. The van der Waals surface area contributed by atoms with E-state index in [1.54, 1.807) is 12.1 Å². The standard InChI is InChI=1S/C15H13FN4O/c16-10-15-17-18-19-20(15)13-6-8-14(9-7-13)21-11-12-4-2-1-3-5-12/h1-9H,10-11H2. The zero-order chi connectivity index (χ0) is 14.5. The number of halogens is 1. The van der Waals surface area contributed by atoms with Crippen molar-refractivity contribution in [1.29, 1.82) is 0 Å². The summed E-state index contributed by atoms with van der Waals surface area (Å²) in [5, 5.41) is 10.8. The fourth-order valence-corrected chi connectivity index (χ4v) is 1.91. The number of aromatic nitrogens is 4. The van der Waals surface area contributed by atoms with Gasteiger partial charge in [-0.2, -0.15) is 4.68 Å². The van der Waals surface area contributed by atoms with Gasteiger partial charge in [-0.05, 0) is 40.3 Å². The van der Waals surface area contributed by atoms with Gasteiger partial charge in [0, 0.05) is 0 Å². The van der Waals surface area contributed by atoms with E-state index in [1.807, 2.05) is 42.5 Å². The van der Waals surface area contributed by atoms with Crippen molar-refractivity contribution in [3.63, 3.8) is 0 Å². The lowest BCUT2D eigenvalue weighted by molar-refractivity contribution is 0.306. The molecular weight excluding hydrogens is 271 g/mol. The van der Waals surface area contributed by atoms with Crippen LogP contribution in [0.4, 0.5) is 4.39 Å². The molecule has 0 fully saturated rings. The molecule has 0 aliphatic heterocycles. The summed E-state index contributed by atoms with van der Waals surface area (Å²) in [6, 6.07) is 17.1. The minimum Gasteiger partial charge on any atom is -0.489 e. The van der Waals surface area contributed by atoms with Crippen LogP contribution in [0.3, 0.4) is 0 Å². The summed E-state index contributed by atoms with van der Waals surface area (Å²) in [6.45, 7) is -0.208. The maximum atomic E-state index is 12.7. The molecule has 0 radical (unpaired) electrons. The van der Waals surface area contributed by atoms with E-state index >= 15 is 0 Å². The summed E-state index contributed by atoms with van der Waals surface area (Å²) in [5.41, 5.74) is 1.79. The highest BCUT2D eigenvalue weighted by Gasteiger charge is 2.07. The molecular formula is C15H13FN4O. The van der Waals surface area contributed by atoms with Crippen LogP contribution in [0.25, 0.3) is 5.69 Å². The molecule has 0 amide bonds. The number of hydrogen-bond acceptors (Lipinski definition) is 4. The molecule has 5 nitrogen and oxygen atoms in total. The molecule has 2 aromatic carbocycles. The Morgan fingerprint density at radius 1 is 1.00 bits per heavy atom. The molecule has 0 N–H and O–H groups in total. The molecule has 0 aliphatic rings. The van der Waals surface area contributed by atoms with E-state index in [9.17, 15) is 4.39 Å². The van der Waals surface area contributed by atoms with Crippen molar-refractivity contribution in [2.45, 2.75) is 13.3 Å². The number of ether oxygens (including phenoxy) is 1. The summed E-state index contributed by atoms with van der Waals surface area (Å²) < 4.78 is 19.8. The molecule has 1 heterocycles. The normalized spacial score (nSPS) is 10.5. The lowest BCUT2D eigenvalue weighted by Crippen LogP contribution is -2.02. The van der Waals surface area contributed by atoms with Crippen molar-refractivity contribution in [2.24, 2.45) is 0 Å². The van der Waals surface area contributed by atoms with Crippen LogP contribution in [-0.4, -0.2) is 20.2 Å². The van der Waals surface area contributed by atoms with Crippen LogP contribution in [0.5, 0.6) is 5.75 Å². The first-order valence-electron chi connectivity index (χ1n) is 6.47. The van der Waals surface area contributed by atoms with Gasteiger partial charge in [0.25, 0.3) is 0 Å². The summed E-state index contributed by atoms with van der Waals surface area (Å²) in [5.74, 6) is 0.908. The lowest BCUT2D eigenvalue weighted by atomic mass is 10.2. The Labute approximate surface area is 121 Å². The number of alkyl halides is 1. The first kappa shape index (κ1) is 13.2. The SMILES string of the molecule is FCc1nnnn1-c1ccc(OCc2ccccc2)cc1. The molecule has 106 valence electrons. The first-order valence-corrected chi connectivity index (χ1v) is 6.47. The smallest absolute Gasteiger partial charge is 0.187 e. The Bertz CT molecular complexity index is 697. The topological polar surface area (TPSA) is 52.8 Å². The van der Waals surface area contributed by atoms with E-state index in [-0.39, 0.29) is 5.82 Å². The number of benzene rings is 2. The summed E-state index contributed by atoms with van der Waals surface area (Å²) in [7, 11) is 0. The van der Waals surface area contributed by atoms with Gasteiger partial charge in [0.15, 0.2) is 12.5 Å². The second-order valence-electron chi connectivity index (χ2n) is 4.41. The second-order valence-corrected chi connectivity index (χ2v) is 4.41. The van der Waals surface area contributed by atoms with E-state index in [0.29, 0.717) is 12.3 Å². The maximum Gasteiger partial charge on any atom is 0.187 e. The van der Waals surface area contributed by atoms with Crippen molar-refractivity contribution >= 4 is 0 Å². The van der Waals surface area contributed by atoms with E-state index in [1.165, 1.54) is 4.68 Å². The van der Waals surface area contributed by atoms with E-state index < -0.39 is 6.67 Å². The third-order valence-electron chi connectivity index (χ3n) is 2.98. The average molecular weight is 284 g/mol. The highest BCUT2D eigenvalue weighted by atomic mass is 19.1. The molecule has 0 bridgehead atoms. The van der Waals surface area contributed by atoms with Crippen LogP contribution in [0, 0.1) is 0 Å². The van der Waals surface area contributed by atoms with Crippen LogP contribution < -0.4 is 4.74 Å². The Morgan fingerprint density at radius 3 is 2.48 bits per heavy atom. The van der Waals surface area contributed by atoms with Gasteiger partial charge in [-0.3, -0.25) is 0 Å². The van der Waals surface area contributed by atoms with Gasteiger partial charge in [-0.1, -0.05) is 30.3 Å². The van der Waals surface area contributed by atoms with Crippen LogP contribution >= 0.6 is 0 Å². The molecule has 0 saturated heterocycles. The van der Waals surface area contributed by atoms with Crippen molar-refractivity contribution in [3.05, 3.63) is 66.0 Å². The Kier molecular flexibility index (Phi) is 3.86. The van der Waals surface area contributed by atoms with Crippen molar-refractivity contribution in [1.82, 2.24) is 20.2 Å². The van der Waals surface area contributed by atoms with Gasteiger partial charge >= 0.3 is 0 Å². The highest BCUT2D eigenvalue weighted by Crippen LogP contribution is 2.17. The van der Waals surface area contributed by atoms with Gasteiger partial charge in [0.2, 0.25) is 0 Å². The molecule has 3 rings (SSSR count). The lowest BCUT2D eigenvalue weighted by Gasteiger charge is -2.07. The third-order valence-corrected chi connectivity index (χ3v) is 2.98. The van der Waals surface area contributed by atoms with Crippen LogP contribution in [0.2, 0.25) is 0 Å². The van der Waals surface area contributed by atoms with Gasteiger partial charge in [0.1, 0.15) is 12.4 Å². The molecule has 1 aromatic heterocycles. The number of rotatable bonds is 5. The number of nitrogens with zero attached hydrogens (tertiary/aromatic N) is 4. The van der Waals surface area contributed by atoms with Crippen LogP contribution in [-0.2, 0) is 13.3 Å². The van der Waals surface area contributed by atoms with Gasteiger partial charge < -0.3 is 4.74 Å². The van der Waals surface area contributed by atoms with E-state index in [0.717, 1.165) is 11.3 Å². The maximum absolute atomic E-state index is 12.7. The summed E-state index contributed by atoms with van der Waals surface area (Å²) in [4.78, 5) is 0. The predicted molar refractivity (Wildman–Crippen MR) is 74.7 cm³/mol. The second kappa shape index (κ2) is 6.13. The van der Waals surface area contributed by atoms with E-state index in [2.05, 4.69) is 15.5 Å². The third kappa shape index (κ3) is 3.05. The minimum atomic E-state index is -0.709. The molecule has 0 atom stereocenters. The molecule has 0 saturated carbocycles. The highest BCUT2D eigenvalue weighted by molar-refractivity contribution is 5.37. The monoisotopic (exact) mass is 284 g/mol. The van der Waals surface area contributed by atoms with Crippen molar-refractivity contribution in [3.8, 4) is 11.4 Å². The first-order chi connectivity index (χ1) is 10.4. The minimum absolute atomic E-state index is 0.174. The molecule has 6 heteroatoms. The van der Waals surface area contributed by atoms with Crippen molar-refractivity contribution in [2.75, 3.05) is 0 Å². The van der Waals surface area contributed by atoms with Gasteiger partial charge in [-0.15, -0.1) is 5.10 Å². The number of hydrogen-bond donors (Lipinski definition) is 0. The summed E-state index contributed by atoms with van der Waals surface area (Å²) >= 11 is 0. The average Bonchev–Trinajstić information content (AvgIpc) is 3.03. The molecule has 0 spiro atoms. The molecule has 0 unspecified atom stereocenters.